The highest BCUT2D eigenvalue weighted by Gasteiger charge is 2.15. The van der Waals surface area contributed by atoms with Crippen molar-refractivity contribution in [2.24, 2.45) is 11.4 Å². The summed E-state index contributed by atoms with van der Waals surface area (Å²) in [5, 5.41) is 11.3. The number of nitrogens with zero attached hydrogens (tertiary/aromatic N) is 3. The summed E-state index contributed by atoms with van der Waals surface area (Å²) in [6.45, 7) is 0. The molecular weight excluding hydrogens is 374 g/mol. The molecule has 0 aliphatic carbocycles. The maximum Gasteiger partial charge on any atom is 0.285 e. The fraction of sp³-hybridized carbons (Fsp3) is 0.0714. The second kappa shape index (κ2) is 6.00. The molecule has 0 fully saturated rings. The number of nitro groups is 1. The number of sulfonamides is 1. The van der Waals surface area contributed by atoms with Crippen LogP contribution in [-0.2, 0) is 17.1 Å². The highest BCUT2D eigenvalue weighted by molar-refractivity contribution is 7.90. The van der Waals surface area contributed by atoms with E-state index in [1.54, 1.807) is 17.7 Å². The molecule has 0 N–H and O–H groups in total. The van der Waals surface area contributed by atoms with Crippen LogP contribution in [0.25, 0.3) is 10.2 Å². The molecule has 0 amide bonds. The highest BCUT2D eigenvalue weighted by Crippen LogP contribution is 2.23. The molecule has 10 heteroatoms. The van der Waals surface area contributed by atoms with Crippen LogP contribution in [0.1, 0.15) is 0 Å². The van der Waals surface area contributed by atoms with E-state index in [1.165, 1.54) is 36.4 Å². The second-order valence-electron chi connectivity index (χ2n) is 4.87. The predicted molar refractivity (Wildman–Crippen MR) is 91.7 cm³/mol. The Morgan fingerprint density at radius 1 is 1.21 bits per heavy atom. The fourth-order valence-electron chi connectivity index (χ4n) is 2.09. The van der Waals surface area contributed by atoms with Gasteiger partial charge in [-0.05, 0) is 30.3 Å². The Bertz CT molecular complexity index is 1120. The van der Waals surface area contributed by atoms with Crippen molar-refractivity contribution in [3.8, 4) is 0 Å². The number of thiazole rings is 1. The number of rotatable bonds is 3. The van der Waals surface area contributed by atoms with Crippen molar-refractivity contribution >= 4 is 48.9 Å². The van der Waals surface area contributed by atoms with Crippen LogP contribution in [-0.4, -0.2) is 17.9 Å². The fourth-order valence-corrected chi connectivity index (χ4v) is 4.49. The van der Waals surface area contributed by atoms with Gasteiger partial charge in [0.2, 0.25) is 4.80 Å². The Balaban J connectivity index is 2.17. The van der Waals surface area contributed by atoms with Crippen molar-refractivity contribution in [1.29, 1.82) is 0 Å². The zero-order valence-electron chi connectivity index (χ0n) is 12.2. The average Bonchev–Trinajstić information content (AvgIpc) is 2.82. The summed E-state index contributed by atoms with van der Waals surface area (Å²) < 4.78 is 30.8. The van der Waals surface area contributed by atoms with Crippen LogP contribution in [0.15, 0.2) is 51.8 Å². The monoisotopic (exact) mass is 383 g/mol. The number of nitro benzene ring substituents is 1. The number of non-ortho nitro benzene ring substituents is 1. The van der Waals surface area contributed by atoms with Crippen LogP contribution >= 0.6 is 22.9 Å². The number of hydrogen-bond acceptors (Lipinski definition) is 5. The molecule has 2 aromatic carbocycles. The third-order valence-corrected chi connectivity index (χ3v) is 6.06. The van der Waals surface area contributed by atoms with E-state index in [1.807, 2.05) is 0 Å². The summed E-state index contributed by atoms with van der Waals surface area (Å²) in [4.78, 5) is 10.6. The largest absolute Gasteiger partial charge is 0.319 e. The van der Waals surface area contributed by atoms with E-state index in [4.69, 9.17) is 11.6 Å². The minimum atomic E-state index is -3.90. The quantitative estimate of drug-likeness (QED) is 0.513. The number of fused-ring (bicyclic) bond motifs is 1. The Morgan fingerprint density at radius 3 is 2.50 bits per heavy atom. The normalized spacial score (nSPS) is 12.7. The molecule has 24 heavy (non-hydrogen) atoms. The second-order valence-corrected chi connectivity index (χ2v) is 7.92. The molecule has 3 rings (SSSR count). The molecule has 0 saturated heterocycles. The molecule has 0 spiro atoms. The SMILES string of the molecule is Cn1/c(=N/S(=O)(=O)c2ccc(Cl)cc2)sc2cc([N+](=O)[O-])ccc21. The van der Waals surface area contributed by atoms with Crippen LogP contribution in [0, 0.1) is 10.1 Å². The molecular formula is C14H10ClN3O4S2. The first-order valence-corrected chi connectivity index (χ1v) is 9.22. The predicted octanol–water partition coefficient (Wildman–Crippen LogP) is 3.09. The summed E-state index contributed by atoms with van der Waals surface area (Å²) in [5.74, 6) is 0. The van der Waals surface area contributed by atoms with Gasteiger partial charge < -0.3 is 4.57 Å². The van der Waals surface area contributed by atoms with Gasteiger partial charge in [-0.3, -0.25) is 10.1 Å². The minimum absolute atomic E-state index is 0.0235. The van der Waals surface area contributed by atoms with Gasteiger partial charge in [0.1, 0.15) is 0 Å². The van der Waals surface area contributed by atoms with Gasteiger partial charge in [0.15, 0.2) is 0 Å². The summed E-state index contributed by atoms with van der Waals surface area (Å²) in [6, 6.07) is 10.0. The zero-order chi connectivity index (χ0) is 17.5. The van der Waals surface area contributed by atoms with Gasteiger partial charge in [0.05, 0.1) is 20.0 Å². The topological polar surface area (TPSA) is 94.6 Å². The Labute approximate surface area is 145 Å². The van der Waals surface area contributed by atoms with Gasteiger partial charge in [0, 0.05) is 24.2 Å². The van der Waals surface area contributed by atoms with Gasteiger partial charge in [-0.25, -0.2) is 0 Å². The van der Waals surface area contributed by atoms with Crippen LogP contribution in [0.2, 0.25) is 5.02 Å². The summed E-state index contributed by atoms with van der Waals surface area (Å²) in [5.41, 5.74) is 0.604. The molecule has 1 aromatic heterocycles. The van der Waals surface area contributed by atoms with Crippen molar-refractivity contribution in [3.05, 3.63) is 62.4 Å². The van der Waals surface area contributed by atoms with Gasteiger partial charge in [-0.1, -0.05) is 22.9 Å². The van der Waals surface area contributed by atoms with E-state index >= 15 is 0 Å². The molecule has 0 aliphatic heterocycles. The van der Waals surface area contributed by atoms with Gasteiger partial charge in [-0.2, -0.15) is 8.42 Å². The standard InChI is InChI=1S/C14H10ClN3O4S2/c1-17-12-7-4-10(18(19)20)8-13(12)23-14(17)16-24(21,22)11-5-2-9(15)3-6-11/h2-8H,1H3/b16-14-. The molecule has 0 radical (unpaired) electrons. The number of hydrogen-bond donors (Lipinski definition) is 0. The van der Waals surface area contributed by atoms with E-state index < -0.39 is 14.9 Å². The molecule has 124 valence electrons. The number of aromatic nitrogens is 1. The van der Waals surface area contributed by atoms with E-state index in [0.717, 1.165) is 11.3 Å². The Hall–Kier alpha value is -2.23. The zero-order valence-corrected chi connectivity index (χ0v) is 14.6. The third kappa shape index (κ3) is 3.05. The Morgan fingerprint density at radius 2 is 1.88 bits per heavy atom. The lowest BCUT2D eigenvalue weighted by Gasteiger charge is -1.99. The third-order valence-electron chi connectivity index (χ3n) is 3.31. The summed E-state index contributed by atoms with van der Waals surface area (Å²) in [6.07, 6.45) is 0. The smallest absolute Gasteiger partial charge is 0.285 e. The number of benzene rings is 2. The van der Waals surface area contributed by atoms with E-state index in [0.29, 0.717) is 15.2 Å². The van der Waals surface area contributed by atoms with Crippen molar-refractivity contribution in [3.63, 3.8) is 0 Å². The molecule has 0 unspecified atom stereocenters. The van der Waals surface area contributed by atoms with Gasteiger partial charge in [0.25, 0.3) is 15.7 Å². The molecule has 3 aromatic rings. The first kappa shape index (κ1) is 16.6. The highest BCUT2D eigenvalue weighted by atomic mass is 35.5. The summed E-state index contributed by atoms with van der Waals surface area (Å²) >= 11 is 6.83. The number of aryl methyl sites for hydroxylation is 1. The molecule has 0 aliphatic rings. The Kier molecular flexibility index (Phi) is 4.16. The van der Waals surface area contributed by atoms with Crippen LogP contribution in [0.3, 0.4) is 0 Å². The van der Waals surface area contributed by atoms with Crippen molar-refractivity contribution in [2.75, 3.05) is 0 Å². The first-order valence-electron chi connectivity index (χ1n) is 6.58. The summed E-state index contributed by atoms with van der Waals surface area (Å²) in [7, 11) is -2.25. The van der Waals surface area contributed by atoms with Crippen LogP contribution in [0.4, 0.5) is 5.69 Å². The lowest BCUT2D eigenvalue weighted by atomic mass is 10.3. The van der Waals surface area contributed by atoms with Crippen molar-refractivity contribution in [2.45, 2.75) is 4.90 Å². The maximum atomic E-state index is 12.4. The van der Waals surface area contributed by atoms with E-state index in [9.17, 15) is 18.5 Å². The molecule has 0 atom stereocenters. The first-order chi connectivity index (χ1) is 11.3. The molecule has 7 nitrogen and oxygen atoms in total. The van der Waals surface area contributed by atoms with Crippen LogP contribution < -0.4 is 4.80 Å². The lowest BCUT2D eigenvalue weighted by Crippen LogP contribution is -2.13. The van der Waals surface area contributed by atoms with Crippen molar-refractivity contribution in [1.82, 2.24) is 4.57 Å². The van der Waals surface area contributed by atoms with Gasteiger partial charge in [-0.15, -0.1) is 4.40 Å². The van der Waals surface area contributed by atoms with E-state index in [2.05, 4.69) is 4.40 Å². The van der Waals surface area contributed by atoms with E-state index in [-0.39, 0.29) is 15.4 Å². The number of halogens is 1. The molecule has 0 bridgehead atoms. The average molecular weight is 384 g/mol. The van der Waals surface area contributed by atoms with Crippen LogP contribution in [0.5, 0.6) is 0 Å². The van der Waals surface area contributed by atoms with Crippen molar-refractivity contribution < 1.29 is 13.3 Å². The lowest BCUT2D eigenvalue weighted by molar-refractivity contribution is -0.384. The molecule has 0 saturated carbocycles. The minimum Gasteiger partial charge on any atom is -0.319 e. The maximum absolute atomic E-state index is 12.4. The van der Waals surface area contributed by atoms with Gasteiger partial charge >= 0.3 is 0 Å². The molecule has 1 heterocycles.